The van der Waals surface area contributed by atoms with Crippen LogP contribution in [0.5, 0.6) is 23.0 Å². The molecule has 2 rings (SSSR count). The van der Waals surface area contributed by atoms with Crippen LogP contribution in [0.15, 0.2) is 24.3 Å². The maximum absolute atomic E-state index is 12.6. The number of methoxy groups -OCH3 is 1. The van der Waals surface area contributed by atoms with E-state index in [1.165, 1.54) is 19.2 Å². The van der Waals surface area contributed by atoms with E-state index in [4.69, 9.17) is 14.6 Å². The van der Waals surface area contributed by atoms with Gasteiger partial charge in [-0.2, -0.15) is 0 Å². The van der Waals surface area contributed by atoms with E-state index in [2.05, 4.69) is 0 Å². The predicted octanol–water partition coefficient (Wildman–Crippen LogP) is 3.13. The summed E-state index contributed by atoms with van der Waals surface area (Å²) >= 11 is 0. The van der Waals surface area contributed by atoms with Crippen LogP contribution in [0.2, 0.25) is 0 Å². The van der Waals surface area contributed by atoms with Crippen molar-refractivity contribution in [2.45, 2.75) is 26.2 Å². The summed E-state index contributed by atoms with van der Waals surface area (Å²) in [5.74, 6) is -4.30. The van der Waals surface area contributed by atoms with Gasteiger partial charge in [0.15, 0.2) is 17.8 Å². The number of phenols is 2. The Kier molecular flexibility index (Phi) is 5.63. The molecule has 0 aliphatic heterocycles. The summed E-state index contributed by atoms with van der Waals surface area (Å²) in [5.41, 5.74) is -0.757. The van der Waals surface area contributed by atoms with Gasteiger partial charge in [0.25, 0.3) is 0 Å². The molecule has 0 unspecified atom stereocenters. The number of aromatic carboxylic acids is 1. The summed E-state index contributed by atoms with van der Waals surface area (Å²) in [7, 11) is 1.28. The molecule has 0 saturated carbocycles. The second kappa shape index (κ2) is 7.59. The fourth-order valence-corrected chi connectivity index (χ4v) is 2.43. The molecule has 0 bridgehead atoms. The number of aldehydes is 1. The monoisotopic (exact) mass is 388 g/mol. The number of esters is 1. The number of benzene rings is 2. The molecule has 0 atom stereocenters. The van der Waals surface area contributed by atoms with E-state index in [9.17, 15) is 24.6 Å². The zero-order valence-electron chi connectivity index (χ0n) is 15.8. The number of carbonyl (C=O) groups is 3. The van der Waals surface area contributed by atoms with Gasteiger partial charge in [0.05, 0.1) is 12.7 Å². The second-order valence-electron chi connectivity index (χ2n) is 7.05. The van der Waals surface area contributed by atoms with Crippen LogP contribution >= 0.6 is 0 Å². The van der Waals surface area contributed by atoms with Crippen molar-refractivity contribution in [1.82, 2.24) is 0 Å². The Bertz CT molecular complexity index is 954. The van der Waals surface area contributed by atoms with Gasteiger partial charge in [-0.05, 0) is 29.2 Å². The highest BCUT2D eigenvalue weighted by Gasteiger charge is 2.25. The molecule has 3 N–H and O–H groups in total. The Morgan fingerprint density at radius 2 is 1.64 bits per heavy atom. The van der Waals surface area contributed by atoms with Crippen LogP contribution < -0.4 is 9.47 Å². The lowest BCUT2D eigenvalue weighted by molar-refractivity contribution is 0.0679. The summed E-state index contributed by atoms with van der Waals surface area (Å²) in [6, 6.07) is 5.03. The Labute approximate surface area is 161 Å². The lowest BCUT2D eigenvalue weighted by Gasteiger charge is -2.21. The first kappa shape index (κ1) is 20.8. The van der Waals surface area contributed by atoms with Gasteiger partial charge in [0.2, 0.25) is 0 Å². The standard InChI is InChI=1S/C20H20O8/c1-20(2,3)11-5-10(9-21)16(22)14(6-11)19(26)28-15-8-12(27-4)7-13(17(15)23)18(24)25/h5-9,22-23H,1-4H3,(H,24,25). The third kappa shape index (κ3) is 4.06. The van der Waals surface area contributed by atoms with Gasteiger partial charge in [-0.25, -0.2) is 9.59 Å². The summed E-state index contributed by atoms with van der Waals surface area (Å²) in [6.07, 6.45) is 0.410. The topological polar surface area (TPSA) is 130 Å². The van der Waals surface area contributed by atoms with Crippen molar-refractivity contribution in [2.75, 3.05) is 7.11 Å². The highest BCUT2D eigenvalue weighted by molar-refractivity contribution is 5.99. The number of phenolic OH excluding ortho intramolecular Hbond substituents is 1. The fourth-order valence-electron chi connectivity index (χ4n) is 2.43. The number of hydrogen-bond acceptors (Lipinski definition) is 7. The number of aromatic hydroxyl groups is 2. The molecule has 0 saturated heterocycles. The molecule has 0 spiro atoms. The van der Waals surface area contributed by atoms with E-state index in [1.807, 2.05) is 20.8 Å². The number of hydrogen-bond donors (Lipinski definition) is 3. The molecule has 148 valence electrons. The normalized spacial score (nSPS) is 11.0. The molecule has 0 aromatic heterocycles. The lowest BCUT2D eigenvalue weighted by Crippen LogP contribution is -2.16. The van der Waals surface area contributed by atoms with E-state index >= 15 is 0 Å². The molecule has 0 fully saturated rings. The number of rotatable bonds is 5. The number of carboxylic acids is 1. The first-order valence-electron chi connectivity index (χ1n) is 8.18. The van der Waals surface area contributed by atoms with Gasteiger partial charge in [-0.15, -0.1) is 0 Å². The third-order valence-electron chi connectivity index (χ3n) is 4.07. The predicted molar refractivity (Wildman–Crippen MR) is 98.8 cm³/mol. The average Bonchev–Trinajstić information content (AvgIpc) is 2.62. The molecule has 28 heavy (non-hydrogen) atoms. The number of ether oxygens (including phenoxy) is 2. The van der Waals surface area contributed by atoms with Gasteiger partial charge in [-0.1, -0.05) is 20.8 Å². The largest absolute Gasteiger partial charge is 0.506 e. The van der Waals surface area contributed by atoms with Gasteiger partial charge in [-0.3, -0.25) is 4.79 Å². The van der Waals surface area contributed by atoms with E-state index in [0.717, 1.165) is 12.1 Å². The Hall–Kier alpha value is -3.55. The molecule has 0 amide bonds. The minimum Gasteiger partial charge on any atom is -0.506 e. The van der Waals surface area contributed by atoms with Gasteiger partial charge in [0, 0.05) is 6.07 Å². The minimum absolute atomic E-state index is 0.0410. The third-order valence-corrected chi connectivity index (χ3v) is 4.07. The van der Waals surface area contributed by atoms with Crippen LogP contribution in [0, 0.1) is 0 Å². The number of carboxylic acid groups (broad SMARTS) is 1. The highest BCUT2D eigenvalue weighted by atomic mass is 16.5. The molecule has 8 nitrogen and oxygen atoms in total. The molecule has 0 radical (unpaired) electrons. The minimum atomic E-state index is -1.45. The van der Waals surface area contributed by atoms with Crippen molar-refractivity contribution < 1.29 is 39.2 Å². The number of carbonyl (C=O) groups excluding carboxylic acids is 2. The fraction of sp³-hybridized carbons (Fsp3) is 0.250. The first-order chi connectivity index (χ1) is 13.0. The SMILES string of the molecule is COc1cc(OC(=O)c2cc(C(C)(C)C)cc(C=O)c2O)c(O)c(C(=O)O)c1. The molecule has 8 heteroatoms. The maximum atomic E-state index is 12.6. The Morgan fingerprint density at radius 1 is 1.00 bits per heavy atom. The molecule has 0 aliphatic rings. The van der Waals surface area contributed by atoms with Crippen LogP contribution in [0.25, 0.3) is 0 Å². The van der Waals surface area contributed by atoms with Crippen molar-refractivity contribution in [2.24, 2.45) is 0 Å². The molecule has 0 heterocycles. The Morgan fingerprint density at radius 3 is 2.14 bits per heavy atom. The molecular formula is C20H20O8. The molecule has 2 aromatic rings. The molecule has 2 aromatic carbocycles. The van der Waals surface area contributed by atoms with Gasteiger partial charge >= 0.3 is 11.9 Å². The van der Waals surface area contributed by atoms with Crippen molar-refractivity contribution in [3.8, 4) is 23.0 Å². The van der Waals surface area contributed by atoms with Crippen molar-refractivity contribution in [3.63, 3.8) is 0 Å². The van der Waals surface area contributed by atoms with E-state index in [0.29, 0.717) is 11.8 Å². The quantitative estimate of drug-likeness (QED) is 0.405. The van der Waals surface area contributed by atoms with E-state index in [-0.39, 0.29) is 16.9 Å². The van der Waals surface area contributed by atoms with Crippen LogP contribution in [0.4, 0.5) is 0 Å². The van der Waals surface area contributed by atoms with Crippen LogP contribution in [-0.2, 0) is 5.41 Å². The maximum Gasteiger partial charge on any atom is 0.347 e. The molecule has 0 aliphatic carbocycles. The summed E-state index contributed by atoms with van der Waals surface area (Å²) in [5, 5.41) is 29.5. The first-order valence-corrected chi connectivity index (χ1v) is 8.18. The zero-order valence-corrected chi connectivity index (χ0v) is 15.8. The van der Waals surface area contributed by atoms with Crippen molar-refractivity contribution in [1.29, 1.82) is 0 Å². The summed E-state index contributed by atoms with van der Waals surface area (Å²) < 4.78 is 10.1. The van der Waals surface area contributed by atoms with E-state index < -0.39 is 40.2 Å². The molecular weight excluding hydrogens is 368 g/mol. The van der Waals surface area contributed by atoms with Crippen molar-refractivity contribution in [3.05, 3.63) is 46.5 Å². The van der Waals surface area contributed by atoms with E-state index in [1.54, 1.807) is 0 Å². The second-order valence-corrected chi connectivity index (χ2v) is 7.05. The van der Waals surface area contributed by atoms with Gasteiger partial charge in [0.1, 0.15) is 22.6 Å². The van der Waals surface area contributed by atoms with Crippen LogP contribution in [0.1, 0.15) is 57.4 Å². The lowest BCUT2D eigenvalue weighted by atomic mass is 9.85. The highest BCUT2D eigenvalue weighted by Crippen LogP contribution is 2.37. The average molecular weight is 388 g/mol. The van der Waals surface area contributed by atoms with Gasteiger partial charge < -0.3 is 24.8 Å². The smallest absolute Gasteiger partial charge is 0.347 e. The Balaban J connectivity index is 2.55. The zero-order chi connectivity index (χ0) is 21.2. The van der Waals surface area contributed by atoms with Crippen LogP contribution in [0.3, 0.4) is 0 Å². The summed E-state index contributed by atoms with van der Waals surface area (Å²) in [4.78, 5) is 35.1. The summed E-state index contributed by atoms with van der Waals surface area (Å²) in [6.45, 7) is 5.57. The van der Waals surface area contributed by atoms with Crippen LogP contribution in [-0.4, -0.2) is 40.7 Å². The van der Waals surface area contributed by atoms with Crippen molar-refractivity contribution >= 4 is 18.2 Å².